The van der Waals surface area contributed by atoms with Crippen molar-refractivity contribution in [3.8, 4) is 11.6 Å². The third kappa shape index (κ3) is 3.68. The van der Waals surface area contributed by atoms with Crippen LogP contribution in [0.4, 0.5) is 5.69 Å². The van der Waals surface area contributed by atoms with Gasteiger partial charge in [-0.25, -0.2) is 15.0 Å². The monoisotopic (exact) mass is 423 g/mol. The maximum absolute atomic E-state index is 4.86. The van der Waals surface area contributed by atoms with E-state index in [9.17, 15) is 0 Å². The largest absolute Gasteiger partial charge is 0.365 e. The molecule has 0 saturated heterocycles. The summed E-state index contributed by atoms with van der Waals surface area (Å²) in [5, 5.41) is 0. The van der Waals surface area contributed by atoms with Gasteiger partial charge in [-0.2, -0.15) is 0 Å². The van der Waals surface area contributed by atoms with Crippen LogP contribution in [0.15, 0.2) is 67.1 Å². The molecule has 2 aromatic carbocycles. The third-order valence-corrected chi connectivity index (χ3v) is 6.69. The van der Waals surface area contributed by atoms with E-state index >= 15 is 0 Å². The Morgan fingerprint density at radius 2 is 1.59 bits per heavy atom. The van der Waals surface area contributed by atoms with E-state index in [2.05, 4.69) is 84.2 Å². The Balaban J connectivity index is 1.38. The fourth-order valence-corrected chi connectivity index (χ4v) is 4.44. The van der Waals surface area contributed by atoms with Gasteiger partial charge in [-0.1, -0.05) is 55.8 Å². The molecule has 4 aromatic rings. The molecule has 0 N–H and O–H groups in total. The number of fused-ring (bicyclic) bond motifs is 1. The maximum Gasteiger partial charge on any atom is 0.196 e. The number of hydrogen-bond donors (Lipinski definition) is 0. The van der Waals surface area contributed by atoms with Crippen LogP contribution in [0.3, 0.4) is 0 Å². The van der Waals surface area contributed by atoms with Crippen molar-refractivity contribution < 1.29 is 0 Å². The molecule has 0 fully saturated rings. The van der Waals surface area contributed by atoms with Crippen LogP contribution in [0.25, 0.3) is 11.6 Å². The topological polar surface area (TPSA) is 46.8 Å². The molecule has 0 spiro atoms. The Hall–Kier alpha value is -3.47. The first-order valence-electron chi connectivity index (χ1n) is 11.2. The second-order valence-electron chi connectivity index (χ2n) is 9.24. The maximum atomic E-state index is 4.86. The number of anilines is 1. The Labute approximate surface area is 189 Å². The third-order valence-electron chi connectivity index (χ3n) is 6.69. The molecule has 0 aliphatic carbocycles. The van der Waals surface area contributed by atoms with Crippen LogP contribution in [0.2, 0.25) is 0 Å². The first-order valence-corrected chi connectivity index (χ1v) is 11.2. The second-order valence-corrected chi connectivity index (χ2v) is 9.24. The van der Waals surface area contributed by atoms with Crippen LogP contribution in [0, 0.1) is 6.92 Å². The molecule has 0 unspecified atom stereocenters. The first-order chi connectivity index (χ1) is 15.4. The highest BCUT2D eigenvalue weighted by Gasteiger charge is 2.24. The lowest BCUT2D eigenvalue weighted by atomic mass is 9.78. The highest BCUT2D eigenvalue weighted by atomic mass is 15.2. The smallest absolute Gasteiger partial charge is 0.196 e. The molecular weight excluding hydrogens is 394 g/mol. The summed E-state index contributed by atoms with van der Waals surface area (Å²) in [5.41, 5.74) is 7.47. The van der Waals surface area contributed by atoms with Gasteiger partial charge in [0.15, 0.2) is 11.6 Å². The molecule has 5 heteroatoms. The zero-order valence-electron chi connectivity index (χ0n) is 19.2. The Morgan fingerprint density at radius 3 is 2.25 bits per heavy atom. The van der Waals surface area contributed by atoms with Crippen molar-refractivity contribution in [1.29, 1.82) is 0 Å². The molecule has 5 nitrogen and oxygen atoms in total. The number of aryl methyl sites for hydroxylation is 2. The summed E-state index contributed by atoms with van der Waals surface area (Å²) >= 11 is 0. The molecule has 2 aromatic heterocycles. The van der Waals surface area contributed by atoms with E-state index in [1.807, 2.05) is 24.0 Å². The number of rotatable bonds is 4. The summed E-state index contributed by atoms with van der Waals surface area (Å²) in [6, 6.07) is 17.9. The summed E-state index contributed by atoms with van der Waals surface area (Å²) in [6.07, 6.45) is 6.62. The zero-order valence-corrected chi connectivity index (χ0v) is 19.2. The quantitative estimate of drug-likeness (QED) is 0.460. The summed E-state index contributed by atoms with van der Waals surface area (Å²) in [6.45, 7) is 8.47. The average molecular weight is 424 g/mol. The zero-order chi connectivity index (χ0) is 22.3. The molecule has 0 amide bonds. The molecular formula is C27H29N5. The van der Waals surface area contributed by atoms with Crippen LogP contribution in [0.1, 0.15) is 41.8 Å². The highest BCUT2D eigenvalue weighted by molar-refractivity contribution is 5.53. The summed E-state index contributed by atoms with van der Waals surface area (Å²) in [5.74, 6) is 1.49. The van der Waals surface area contributed by atoms with Crippen molar-refractivity contribution in [2.45, 2.75) is 39.2 Å². The highest BCUT2D eigenvalue weighted by Crippen LogP contribution is 2.33. The van der Waals surface area contributed by atoms with Crippen molar-refractivity contribution in [2.75, 3.05) is 11.4 Å². The van der Waals surface area contributed by atoms with Crippen LogP contribution < -0.4 is 4.90 Å². The number of benzene rings is 2. The van der Waals surface area contributed by atoms with Crippen molar-refractivity contribution in [3.63, 3.8) is 0 Å². The second kappa shape index (κ2) is 7.90. The van der Waals surface area contributed by atoms with Gasteiger partial charge in [0.1, 0.15) is 0 Å². The molecule has 0 bridgehead atoms. The van der Waals surface area contributed by atoms with E-state index in [-0.39, 0.29) is 5.41 Å². The van der Waals surface area contributed by atoms with Gasteiger partial charge in [-0.15, -0.1) is 0 Å². The molecule has 0 saturated carbocycles. The van der Waals surface area contributed by atoms with Crippen molar-refractivity contribution >= 4 is 5.69 Å². The minimum Gasteiger partial charge on any atom is -0.365 e. The lowest BCUT2D eigenvalue weighted by molar-refractivity contribution is 0.640. The lowest BCUT2D eigenvalue weighted by Gasteiger charge is -2.31. The van der Waals surface area contributed by atoms with Gasteiger partial charge in [-0.05, 0) is 42.2 Å². The van der Waals surface area contributed by atoms with Gasteiger partial charge in [0.05, 0.1) is 12.2 Å². The predicted molar refractivity (Wildman–Crippen MR) is 129 cm³/mol. The van der Waals surface area contributed by atoms with Crippen LogP contribution in [0.5, 0.6) is 0 Å². The molecule has 0 atom stereocenters. The van der Waals surface area contributed by atoms with E-state index in [0.29, 0.717) is 5.82 Å². The molecule has 1 aliphatic rings. The number of nitrogens with zero attached hydrogens (tertiary/aromatic N) is 5. The Morgan fingerprint density at radius 1 is 0.906 bits per heavy atom. The van der Waals surface area contributed by atoms with Gasteiger partial charge in [0.2, 0.25) is 0 Å². The first kappa shape index (κ1) is 20.4. The standard InChI is InChI=1S/C27H29N5/c1-19-5-7-21(8-6-19)27(2,3)22-9-11-23(12-10-22)32-15-13-20-17-29-25(30-24(20)18-32)26-28-14-16-31(26)4/h5-12,14,16-17H,13,15,18H2,1-4H3. The SMILES string of the molecule is Cc1ccc(C(C)(C)c2ccc(N3CCc4cnc(-c5nccn5C)nc4C3)cc2)cc1. The van der Waals surface area contributed by atoms with Crippen molar-refractivity contribution in [3.05, 3.63) is 95.1 Å². The number of aromatic nitrogens is 4. The van der Waals surface area contributed by atoms with Crippen molar-refractivity contribution in [1.82, 2.24) is 19.5 Å². The molecule has 1 aliphatic heterocycles. The van der Waals surface area contributed by atoms with Gasteiger partial charge >= 0.3 is 0 Å². The van der Waals surface area contributed by atoms with E-state index in [4.69, 9.17) is 4.98 Å². The average Bonchev–Trinajstić information content (AvgIpc) is 3.24. The van der Waals surface area contributed by atoms with Crippen molar-refractivity contribution in [2.24, 2.45) is 7.05 Å². The van der Waals surface area contributed by atoms with Crippen LogP contribution in [-0.2, 0) is 25.4 Å². The van der Waals surface area contributed by atoms with E-state index in [1.54, 1.807) is 6.20 Å². The fraction of sp³-hybridized carbons (Fsp3) is 0.296. The van der Waals surface area contributed by atoms with E-state index in [0.717, 1.165) is 31.0 Å². The molecule has 3 heterocycles. The number of hydrogen-bond acceptors (Lipinski definition) is 4. The summed E-state index contributed by atoms with van der Waals surface area (Å²) in [4.78, 5) is 16.2. The van der Waals surface area contributed by atoms with Gasteiger partial charge < -0.3 is 9.47 Å². The van der Waals surface area contributed by atoms with Crippen LogP contribution in [-0.4, -0.2) is 26.1 Å². The van der Waals surface area contributed by atoms with Gasteiger partial charge in [0.25, 0.3) is 0 Å². The van der Waals surface area contributed by atoms with E-state index < -0.39 is 0 Å². The molecule has 32 heavy (non-hydrogen) atoms. The molecule has 162 valence electrons. The Bertz CT molecular complexity index is 1240. The van der Waals surface area contributed by atoms with Crippen LogP contribution >= 0.6 is 0 Å². The normalized spacial score (nSPS) is 13.8. The molecule has 0 radical (unpaired) electrons. The fourth-order valence-electron chi connectivity index (χ4n) is 4.44. The Kier molecular flexibility index (Phi) is 5.04. The summed E-state index contributed by atoms with van der Waals surface area (Å²) in [7, 11) is 1.97. The minimum absolute atomic E-state index is 0.0368. The molecule has 5 rings (SSSR count). The minimum atomic E-state index is -0.0368. The van der Waals surface area contributed by atoms with E-state index in [1.165, 1.54) is 27.9 Å². The van der Waals surface area contributed by atoms with Gasteiger partial charge in [0, 0.05) is 43.3 Å². The number of imidazole rings is 1. The summed E-state index contributed by atoms with van der Waals surface area (Å²) < 4.78 is 1.96. The van der Waals surface area contributed by atoms with Gasteiger partial charge in [-0.3, -0.25) is 0 Å². The lowest BCUT2D eigenvalue weighted by Crippen LogP contribution is -2.31. The predicted octanol–water partition coefficient (Wildman–Crippen LogP) is 5.07.